The summed E-state index contributed by atoms with van der Waals surface area (Å²) in [5.41, 5.74) is 5.91. The van der Waals surface area contributed by atoms with E-state index in [0.29, 0.717) is 11.8 Å². The molecule has 0 aliphatic heterocycles. The van der Waals surface area contributed by atoms with Gasteiger partial charge in [-0.25, -0.2) is 14.8 Å². The first-order valence-corrected chi connectivity index (χ1v) is 5.25. The lowest BCUT2D eigenvalue weighted by Crippen LogP contribution is -2.11. The molecule has 5 nitrogen and oxygen atoms in total. The zero-order valence-electron chi connectivity index (χ0n) is 7.98. The van der Waals surface area contributed by atoms with Crippen LogP contribution < -0.4 is 5.73 Å². The first-order chi connectivity index (χ1) is 6.69. The van der Waals surface area contributed by atoms with Crippen molar-refractivity contribution in [3.8, 4) is 0 Å². The van der Waals surface area contributed by atoms with E-state index in [4.69, 9.17) is 10.5 Å². The summed E-state index contributed by atoms with van der Waals surface area (Å²) >= 11 is 1.34. The van der Waals surface area contributed by atoms with Gasteiger partial charge in [0, 0.05) is 0 Å². The molecular weight excluding hydrogens is 202 g/mol. The largest absolute Gasteiger partial charge is 0.461 e. The van der Waals surface area contributed by atoms with Crippen molar-refractivity contribution in [2.75, 3.05) is 18.6 Å². The maximum absolute atomic E-state index is 11.3. The van der Waals surface area contributed by atoms with Gasteiger partial charge in [-0.2, -0.15) is 0 Å². The van der Waals surface area contributed by atoms with Gasteiger partial charge in [0.15, 0.2) is 10.9 Å². The fourth-order valence-corrected chi connectivity index (χ4v) is 1.18. The van der Waals surface area contributed by atoms with E-state index >= 15 is 0 Å². The Kier molecular flexibility index (Phi) is 3.70. The molecule has 6 heteroatoms. The molecule has 76 valence electrons. The topological polar surface area (TPSA) is 78.1 Å². The number of nitrogens with zero attached hydrogens (tertiary/aromatic N) is 2. The number of nitrogens with two attached hydrogens (primary N) is 1. The van der Waals surface area contributed by atoms with Gasteiger partial charge < -0.3 is 10.5 Å². The number of aromatic nitrogens is 2. The molecule has 14 heavy (non-hydrogen) atoms. The zero-order chi connectivity index (χ0) is 10.6. The molecule has 0 aromatic carbocycles. The van der Waals surface area contributed by atoms with E-state index in [0.717, 1.165) is 0 Å². The summed E-state index contributed by atoms with van der Waals surface area (Å²) < 4.78 is 4.79. The predicted molar refractivity (Wildman–Crippen MR) is 54.2 cm³/mol. The van der Waals surface area contributed by atoms with E-state index in [1.165, 1.54) is 18.0 Å². The molecule has 0 bridgehead atoms. The first-order valence-electron chi connectivity index (χ1n) is 4.02. The van der Waals surface area contributed by atoms with Gasteiger partial charge >= 0.3 is 5.97 Å². The molecule has 0 atom stereocenters. The quantitative estimate of drug-likeness (QED) is 0.457. The van der Waals surface area contributed by atoms with Crippen molar-refractivity contribution >= 4 is 23.4 Å². The van der Waals surface area contributed by atoms with Gasteiger partial charge in [-0.3, -0.25) is 0 Å². The highest BCUT2D eigenvalue weighted by Crippen LogP contribution is 2.14. The number of thioether (sulfide) groups is 1. The summed E-state index contributed by atoms with van der Waals surface area (Å²) in [4.78, 5) is 19.2. The second-order valence-corrected chi connectivity index (χ2v) is 3.15. The Hall–Kier alpha value is -1.30. The third-order valence-corrected chi connectivity index (χ3v) is 2.01. The average molecular weight is 213 g/mol. The summed E-state index contributed by atoms with van der Waals surface area (Å²) in [5, 5.41) is 0.502. The van der Waals surface area contributed by atoms with Crippen molar-refractivity contribution in [2.24, 2.45) is 0 Å². The van der Waals surface area contributed by atoms with E-state index in [1.807, 2.05) is 6.26 Å². The molecule has 0 saturated carbocycles. The van der Waals surface area contributed by atoms with Gasteiger partial charge in [-0.05, 0) is 13.2 Å². The van der Waals surface area contributed by atoms with E-state index < -0.39 is 5.97 Å². The van der Waals surface area contributed by atoms with E-state index in [-0.39, 0.29) is 11.4 Å². The SMILES string of the molecule is CCOC(=O)c1nc(SC)ncc1N. The number of hydrogen-bond acceptors (Lipinski definition) is 6. The van der Waals surface area contributed by atoms with Crippen LogP contribution in [-0.2, 0) is 4.74 Å². The number of carbonyl (C=O) groups is 1. The Morgan fingerprint density at radius 2 is 2.43 bits per heavy atom. The van der Waals surface area contributed by atoms with Crippen LogP contribution in [0.25, 0.3) is 0 Å². The number of rotatable bonds is 3. The third kappa shape index (κ3) is 2.35. The molecule has 0 radical (unpaired) electrons. The summed E-state index contributed by atoms with van der Waals surface area (Å²) in [6.45, 7) is 2.03. The van der Waals surface area contributed by atoms with Crippen molar-refractivity contribution in [3.63, 3.8) is 0 Å². The minimum absolute atomic E-state index is 0.131. The molecule has 2 N–H and O–H groups in total. The molecule has 0 aliphatic rings. The number of nitrogen functional groups attached to an aromatic ring is 1. The monoisotopic (exact) mass is 213 g/mol. The molecule has 1 rings (SSSR count). The van der Waals surface area contributed by atoms with Gasteiger partial charge in [-0.15, -0.1) is 0 Å². The van der Waals surface area contributed by atoms with E-state index in [9.17, 15) is 4.79 Å². The van der Waals surface area contributed by atoms with Crippen LogP contribution in [0, 0.1) is 0 Å². The Bertz CT molecular complexity index is 343. The molecule has 0 spiro atoms. The van der Waals surface area contributed by atoms with Crippen molar-refractivity contribution < 1.29 is 9.53 Å². The molecule has 0 saturated heterocycles. The van der Waals surface area contributed by atoms with Crippen LogP contribution in [0.5, 0.6) is 0 Å². The third-order valence-electron chi connectivity index (χ3n) is 1.45. The van der Waals surface area contributed by atoms with Crippen LogP contribution in [0.3, 0.4) is 0 Å². The predicted octanol–water partition coefficient (Wildman–Crippen LogP) is 0.957. The standard InChI is InChI=1S/C8H11N3O2S/c1-3-13-7(12)6-5(9)4-10-8(11-6)14-2/h4H,3,9H2,1-2H3. The Morgan fingerprint density at radius 3 is 3.00 bits per heavy atom. The normalized spacial score (nSPS) is 9.86. The fraction of sp³-hybridized carbons (Fsp3) is 0.375. The van der Waals surface area contributed by atoms with Crippen molar-refractivity contribution in [1.29, 1.82) is 0 Å². The lowest BCUT2D eigenvalue weighted by molar-refractivity contribution is 0.0519. The molecule has 1 heterocycles. The smallest absolute Gasteiger partial charge is 0.359 e. The highest BCUT2D eigenvalue weighted by atomic mass is 32.2. The molecule has 0 amide bonds. The van der Waals surface area contributed by atoms with Crippen LogP contribution in [0.15, 0.2) is 11.4 Å². The molecule has 1 aromatic heterocycles. The van der Waals surface area contributed by atoms with Gasteiger partial charge in [0.25, 0.3) is 0 Å². The zero-order valence-corrected chi connectivity index (χ0v) is 8.80. The molecule has 0 aliphatic carbocycles. The maximum Gasteiger partial charge on any atom is 0.359 e. The maximum atomic E-state index is 11.3. The van der Waals surface area contributed by atoms with Gasteiger partial charge in [0.1, 0.15) is 0 Å². The van der Waals surface area contributed by atoms with Gasteiger partial charge in [0.2, 0.25) is 0 Å². The fourth-order valence-electron chi connectivity index (χ4n) is 0.836. The number of hydrogen-bond donors (Lipinski definition) is 1. The van der Waals surface area contributed by atoms with Gasteiger partial charge in [-0.1, -0.05) is 11.8 Å². The number of esters is 1. The summed E-state index contributed by atoms with van der Waals surface area (Å²) in [6, 6.07) is 0. The molecule has 0 unspecified atom stereocenters. The van der Waals surface area contributed by atoms with Crippen LogP contribution in [-0.4, -0.2) is 28.8 Å². The van der Waals surface area contributed by atoms with Crippen LogP contribution in [0.4, 0.5) is 5.69 Å². The Balaban J connectivity index is 2.99. The second kappa shape index (κ2) is 4.80. The van der Waals surface area contributed by atoms with E-state index in [1.54, 1.807) is 6.92 Å². The van der Waals surface area contributed by atoms with Crippen LogP contribution >= 0.6 is 11.8 Å². The number of carbonyl (C=O) groups excluding carboxylic acids is 1. The minimum atomic E-state index is -0.511. The highest BCUT2D eigenvalue weighted by Gasteiger charge is 2.13. The highest BCUT2D eigenvalue weighted by molar-refractivity contribution is 7.98. The van der Waals surface area contributed by atoms with Crippen molar-refractivity contribution in [2.45, 2.75) is 12.1 Å². The van der Waals surface area contributed by atoms with E-state index in [2.05, 4.69) is 9.97 Å². The Labute approximate surface area is 86.1 Å². The number of ether oxygens (including phenoxy) is 1. The lowest BCUT2D eigenvalue weighted by atomic mass is 10.3. The van der Waals surface area contributed by atoms with Crippen molar-refractivity contribution in [3.05, 3.63) is 11.9 Å². The van der Waals surface area contributed by atoms with Gasteiger partial charge in [0.05, 0.1) is 18.5 Å². The first kappa shape index (κ1) is 10.8. The second-order valence-electron chi connectivity index (χ2n) is 2.38. The number of anilines is 1. The molecule has 1 aromatic rings. The average Bonchev–Trinajstić information content (AvgIpc) is 2.19. The summed E-state index contributed by atoms with van der Waals surface area (Å²) in [5.74, 6) is -0.511. The molecular formula is C8H11N3O2S. The molecule has 0 fully saturated rings. The minimum Gasteiger partial charge on any atom is -0.461 e. The lowest BCUT2D eigenvalue weighted by Gasteiger charge is -2.04. The van der Waals surface area contributed by atoms with Crippen molar-refractivity contribution in [1.82, 2.24) is 9.97 Å². The Morgan fingerprint density at radius 1 is 1.71 bits per heavy atom. The summed E-state index contributed by atoms with van der Waals surface area (Å²) in [7, 11) is 0. The van der Waals surface area contributed by atoms with Crippen LogP contribution in [0.2, 0.25) is 0 Å². The summed E-state index contributed by atoms with van der Waals surface area (Å²) in [6.07, 6.45) is 3.23. The van der Waals surface area contributed by atoms with Crippen LogP contribution in [0.1, 0.15) is 17.4 Å².